The van der Waals surface area contributed by atoms with Crippen molar-refractivity contribution >= 4 is 17.7 Å². The van der Waals surface area contributed by atoms with Gasteiger partial charge < -0.3 is 15.7 Å². The standard InChI is InChI=1S/C15H22N2O3/c1-4-6-11(5-2)16-15(20)17-13-8-7-10(3)9-12(13)14(18)19/h7-9,11H,4-6H2,1-3H3,(H,18,19)(H2,16,17,20). The molecule has 1 aromatic carbocycles. The molecule has 5 nitrogen and oxygen atoms in total. The zero-order valence-corrected chi connectivity index (χ0v) is 12.2. The van der Waals surface area contributed by atoms with Crippen molar-refractivity contribution in [2.45, 2.75) is 46.1 Å². The molecule has 0 spiro atoms. The lowest BCUT2D eigenvalue weighted by Crippen LogP contribution is -2.37. The summed E-state index contributed by atoms with van der Waals surface area (Å²) in [5.74, 6) is -1.05. The van der Waals surface area contributed by atoms with E-state index in [0.717, 1.165) is 24.8 Å². The van der Waals surface area contributed by atoms with Gasteiger partial charge in [-0.1, -0.05) is 31.9 Å². The summed E-state index contributed by atoms with van der Waals surface area (Å²) in [4.78, 5) is 23.1. The molecule has 5 heteroatoms. The molecule has 0 aromatic heterocycles. The molecule has 0 aliphatic carbocycles. The monoisotopic (exact) mass is 278 g/mol. The number of hydrogen-bond acceptors (Lipinski definition) is 2. The topological polar surface area (TPSA) is 78.4 Å². The van der Waals surface area contributed by atoms with Crippen molar-refractivity contribution in [3.8, 4) is 0 Å². The molecule has 0 saturated carbocycles. The molecule has 3 N–H and O–H groups in total. The average Bonchev–Trinajstić information content (AvgIpc) is 2.40. The Morgan fingerprint density at radius 3 is 2.55 bits per heavy atom. The minimum atomic E-state index is -1.05. The molecule has 0 aliphatic heterocycles. The van der Waals surface area contributed by atoms with Crippen LogP contribution in [0.1, 0.15) is 49.0 Å². The lowest BCUT2D eigenvalue weighted by Gasteiger charge is -2.17. The number of anilines is 1. The van der Waals surface area contributed by atoms with E-state index < -0.39 is 5.97 Å². The van der Waals surface area contributed by atoms with Crippen molar-refractivity contribution in [1.29, 1.82) is 0 Å². The Labute approximate surface area is 119 Å². The zero-order chi connectivity index (χ0) is 15.1. The van der Waals surface area contributed by atoms with Crippen LogP contribution in [0.4, 0.5) is 10.5 Å². The fraction of sp³-hybridized carbons (Fsp3) is 0.467. The summed E-state index contributed by atoms with van der Waals surface area (Å²) in [5, 5.41) is 14.6. The predicted molar refractivity (Wildman–Crippen MR) is 79.3 cm³/mol. The van der Waals surface area contributed by atoms with Crippen LogP contribution in [-0.4, -0.2) is 23.1 Å². The van der Waals surface area contributed by atoms with Gasteiger partial charge in [-0.3, -0.25) is 0 Å². The van der Waals surface area contributed by atoms with Gasteiger partial charge in [0, 0.05) is 6.04 Å². The van der Waals surface area contributed by atoms with E-state index in [-0.39, 0.29) is 17.6 Å². The van der Waals surface area contributed by atoms with Crippen molar-refractivity contribution in [3.05, 3.63) is 29.3 Å². The third kappa shape index (κ3) is 4.57. The number of amides is 2. The smallest absolute Gasteiger partial charge is 0.337 e. The highest BCUT2D eigenvalue weighted by Crippen LogP contribution is 2.17. The van der Waals surface area contributed by atoms with Gasteiger partial charge in [0.05, 0.1) is 11.3 Å². The van der Waals surface area contributed by atoms with E-state index >= 15 is 0 Å². The van der Waals surface area contributed by atoms with Crippen LogP contribution in [0.15, 0.2) is 18.2 Å². The Hall–Kier alpha value is -2.04. The number of carbonyl (C=O) groups excluding carboxylic acids is 1. The Morgan fingerprint density at radius 2 is 2.00 bits per heavy atom. The SMILES string of the molecule is CCCC(CC)NC(=O)Nc1ccc(C)cc1C(=O)O. The maximum atomic E-state index is 11.9. The third-order valence-electron chi connectivity index (χ3n) is 3.12. The second kappa shape index (κ2) is 7.53. The van der Waals surface area contributed by atoms with Gasteiger partial charge in [-0.05, 0) is 31.9 Å². The minimum absolute atomic E-state index is 0.101. The first-order chi connectivity index (χ1) is 9.47. The second-order valence-corrected chi connectivity index (χ2v) is 4.85. The molecule has 0 bridgehead atoms. The third-order valence-corrected chi connectivity index (χ3v) is 3.12. The maximum absolute atomic E-state index is 11.9. The molecule has 0 radical (unpaired) electrons. The summed E-state index contributed by atoms with van der Waals surface area (Å²) in [6, 6.07) is 4.67. The Balaban J connectivity index is 2.77. The summed E-state index contributed by atoms with van der Waals surface area (Å²) >= 11 is 0. The van der Waals surface area contributed by atoms with E-state index in [9.17, 15) is 9.59 Å². The van der Waals surface area contributed by atoms with Crippen LogP contribution < -0.4 is 10.6 Å². The van der Waals surface area contributed by atoms with Crippen molar-refractivity contribution < 1.29 is 14.7 Å². The van der Waals surface area contributed by atoms with Crippen LogP contribution in [0.2, 0.25) is 0 Å². The first-order valence-corrected chi connectivity index (χ1v) is 6.89. The summed E-state index contributed by atoms with van der Waals surface area (Å²) in [6.45, 7) is 5.88. The van der Waals surface area contributed by atoms with Gasteiger partial charge in [-0.25, -0.2) is 9.59 Å². The van der Waals surface area contributed by atoms with Crippen LogP contribution in [-0.2, 0) is 0 Å². The number of urea groups is 1. The average molecular weight is 278 g/mol. The Morgan fingerprint density at radius 1 is 1.30 bits per heavy atom. The maximum Gasteiger partial charge on any atom is 0.337 e. The van der Waals surface area contributed by atoms with E-state index in [4.69, 9.17) is 5.11 Å². The van der Waals surface area contributed by atoms with Crippen LogP contribution in [0.25, 0.3) is 0 Å². The fourth-order valence-corrected chi connectivity index (χ4v) is 2.01. The van der Waals surface area contributed by atoms with Crippen LogP contribution in [0, 0.1) is 6.92 Å². The van der Waals surface area contributed by atoms with E-state index in [1.807, 2.05) is 13.8 Å². The Kier molecular flexibility index (Phi) is 6.03. The zero-order valence-electron chi connectivity index (χ0n) is 12.2. The number of carbonyl (C=O) groups is 2. The molecular formula is C15H22N2O3. The lowest BCUT2D eigenvalue weighted by molar-refractivity contribution is 0.0698. The van der Waals surface area contributed by atoms with Crippen molar-refractivity contribution in [3.63, 3.8) is 0 Å². The molecule has 1 aromatic rings. The summed E-state index contributed by atoms with van der Waals surface area (Å²) in [5.41, 5.74) is 1.25. The number of aromatic carboxylic acids is 1. The van der Waals surface area contributed by atoms with Crippen molar-refractivity contribution in [1.82, 2.24) is 5.32 Å². The molecular weight excluding hydrogens is 256 g/mol. The molecule has 20 heavy (non-hydrogen) atoms. The number of hydrogen-bond donors (Lipinski definition) is 3. The van der Waals surface area contributed by atoms with Crippen molar-refractivity contribution in [2.24, 2.45) is 0 Å². The van der Waals surface area contributed by atoms with E-state index in [1.54, 1.807) is 18.2 Å². The number of benzene rings is 1. The number of nitrogens with one attached hydrogen (secondary N) is 2. The van der Waals surface area contributed by atoms with Gasteiger partial charge in [-0.15, -0.1) is 0 Å². The summed E-state index contributed by atoms with van der Waals surface area (Å²) in [7, 11) is 0. The van der Waals surface area contributed by atoms with Gasteiger partial charge in [0.25, 0.3) is 0 Å². The quantitative estimate of drug-likeness (QED) is 0.746. The first kappa shape index (κ1) is 16.0. The summed E-state index contributed by atoms with van der Waals surface area (Å²) in [6.07, 6.45) is 2.74. The van der Waals surface area contributed by atoms with Crippen LogP contribution >= 0.6 is 0 Å². The van der Waals surface area contributed by atoms with Gasteiger partial charge in [-0.2, -0.15) is 0 Å². The minimum Gasteiger partial charge on any atom is -0.478 e. The van der Waals surface area contributed by atoms with Gasteiger partial charge >= 0.3 is 12.0 Å². The second-order valence-electron chi connectivity index (χ2n) is 4.85. The van der Waals surface area contributed by atoms with E-state index in [1.165, 1.54) is 0 Å². The molecule has 1 rings (SSSR count). The fourth-order valence-electron chi connectivity index (χ4n) is 2.01. The first-order valence-electron chi connectivity index (χ1n) is 6.89. The van der Waals surface area contributed by atoms with Gasteiger partial charge in [0.15, 0.2) is 0 Å². The van der Waals surface area contributed by atoms with E-state index in [0.29, 0.717) is 5.69 Å². The number of carboxylic acids is 1. The molecule has 1 atom stereocenters. The molecule has 0 saturated heterocycles. The number of rotatable bonds is 6. The van der Waals surface area contributed by atoms with Gasteiger partial charge in [0.1, 0.15) is 0 Å². The van der Waals surface area contributed by atoms with Gasteiger partial charge in [0.2, 0.25) is 0 Å². The predicted octanol–water partition coefficient (Wildman–Crippen LogP) is 3.39. The highest BCUT2D eigenvalue weighted by molar-refractivity contribution is 6.00. The number of aryl methyl sites for hydroxylation is 1. The lowest BCUT2D eigenvalue weighted by atomic mass is 10.1. The normalized spacial score (nSPS) is 11.8. The summed E-state index contributed by atoms with van der Waals surface area (Å²) < 4.78 is 0. The largest absolute Gasteiger partial charge is 0.478 e. The molecule has 0 aliphatic rings. The van der Waals surface area contributed by atoms with E-state index in [2.05, 4.69) is 17.6 Å². The van der Waals surface area contributed by atoms with Crippen LogP contribution in [0.5, 0.6) is 0 Å². The van der Waals surface area contributed by atoms with Crippen molar-refractivity contribution in [2.75, 3.05) is 5.32 Å². The molecule has 110 valence electrons. The highest BCUT2D eigenvalue weighted by Gasteiger charge is 2.14. The molecule has 2 amide bonds. The molecule has 0 fully saturated rings. The molecule has 0 heterocycles. The number of carboxylic acid groups (broad SMARTS) is 1. The Bertz CT molecular complexity index is 486. The molecule has 1 unspecified atom stereocenters. The highest BCUT2D eigenvalue weighted by atomic mass is 16.4. The van der Waals surface area contributed by atoms with Crippen LogP contribution in [0.3, 0.4) is 0 Å².